The molecular formula is C11H15NO3S. The lowest BCUT2D eigenvalue weighted by Gasteiger charge is -2.17. The van der Waals surface area contributed by atoms with E-state index in [-0.39, 0.29) is 17.2 Å². The Morgan fingerprint density at radius 1 is 1.50 bits per heavy atom. The first-order valence-electron chi connectivity index (χ1n) is 4.74. The van der Waals surface area contributed by atoms with E-state index in [9.17, 15) is 13.5 Å². The number of phenols is 1. The van der Waals surface area contributed by atoms with Crippen molar-refractivity contribution in [2.45, 2.75) is 11.8 Å². The lowest BCUT2D eigenvalue weighted by molar-refractivity contribution is 0.469. The third-order valence-corrected chi connectivity index (χ3v) is 3.82. The summed E-state index contributed by atoms with van der Waals surface area (Å²) in [5.41, 5.74) is 0.756. The van der Waals surface area contributed by atoms with Crippen LogP contribution in [0.15, 0.2) is 41.3 Å². The molecule has 0 amide bonds. The van der Waals surface area contributed by atoms with Gasteiger partial charge in [0.2, 0.25) is 10.0 Å². The smallest absolute Gasteiger partial charge is 0.243 e. The Labute approximate surface area is 95.9 Å². The van der Waals surface area contributed by atoms with Crippen molar-refractivity contribution in [2.24, 2.45) is 0 Å². The van der Waals surface area contributed by atoms with E-state index < -0.39 is 10.0 Å². The fourth-order valence-electron chi connectivity index (χ4n) is 1.29. The summed E-state index contributed by atoms with van der Waals surface area (Å²) in [7, 11) is -2.06. The van der Waals surface area contributed by atoms with E-state index in [2.05, 4.69) is 6.58 Å². The molecule has 0 heterocycles. The van der Waals surface area contributed by atoms with Crippen LogP contribution in [0.5, 0.6) is 5.75 Å². The molecule has 0 unspecified atom stereocenters. The van der Waals surface area contributed by atoms with E-state index in [1.165, 1.54) is 35.6 Å². The summed E-state index contributed by atoms with van der Waals surface area (Å²) in [6.45, 7) is 5.68. The van der Waals surface area contributed by atoms with E-state index in [0.29, 0.717) is 0 Å². The zero-order valence-corrected chi connectivity index (χ0v) is 10.2. The zero-order valence-electron chi connectivity index (χ0n) is 9.34. The highest BCUT2D eigenvalue weighted by Crippen LogP contribution is 2.19. The van der Waals surface area contributed by atoms with Crippen LogP contribution in [-0.4, -0.2) is 31.4 Å². The molecule has 88 valence electrons. The molecule has 16 heavy (non-hydrogen) atoms. The number of sulfonamides is 1. The molecule has 1 rings (SSSR count). The molecular weight excluding hydrogens is 226 g/mol. The number of hydrogen-bond acceptors (Lipinski definition) is 3. The number of rotatable bonds is 4. The maximum atomic E-state index is 12.0. The summed E-state index contributed by atoms with van der Waals surface area (Å²) in [5, 5.41) is 9.24. The molecule has 0 fully saturated rings. The minimum Gasteiger partial charge on any atom is -0.508 e. The first kappa shape index (κ1) is 12.7. The Kier molecular flexibility index (Phi) is 3.72. The number of hydrogen-bond donors (Lipinski definition) is 1. The summed E-state index contributed by atoms with van der Waals surface area (Å²) >= 11 is 0. The molecule has 0 spiro atoms. The molecule has 1 aromatic carbocycles. The largest absolute Gasteiger partial charge is 0.508 e. The summed E-state index contributed by atoms with van der Waals surface area (Å²) < 4.78 is 25.2. The maximum absolute atomic E-state index is 12.0. The minimum absolute atomic E-state index is 0.0650. The van der Waals surface area contributed by atoms with Gasteiger partial charge in [-0.25, -0.2) is 8.42 Å². The molecule has 4 nitrogen and oxygen atoms in total. The van der Waals surface area contributed by atoms with Crippen LogP contribution in [0.25, 0.3) is 0 Å². The van der Waals surface area contributed by atoms with Gasteiger partial charge in [0.05, 0.1) is 4.90 Å². The Bertz CT molecular complexity index is 494. The Hall–Kier alpha value is -1.33. The van der Waals surface area contributed by atoms with E-state index in [0.717, 1.165) is 5.57 Å². The van der Waals surface area contributed by atoms with Gasteiger partial charge in [-0.3, -0.25) is 0 Å². The van der Waals surface area contributed by atoms with Crippen LogP contribution < -0.4 is 0 Å². The lowest BCUT2D eigenvalue weighted by Crippen LogP contribution is -2.28. The second-order valence-electron chi connectivity index (χ2n) is 3.72. The summed E-state index contributed by atoms with van der Waals surface area (Å²) in [5.74, 6) is -0.0650. The Morgan fingerprint density at radius 2 is 2.12 bits per heavy atom. The second-order valence-corrected chi connectivity index (χ2v) is 5.76. The van der Waals surface area contributed by atoms with Gasteiger partial charge in [-0.15, -0.1) is 0 Å². The molecule has 0 bridgehead atoms. The van der Waals surface area contributed by atoms with Crippen molar-refractivity contribution in [2.75, 3.05) is 13.6 Å². The second kappa shape index (κ2) is 4.67. The maximum Gasteiger partial charge on any atom is 0.243 e. The number of likely N-dealkylation sites (N-methyl/N-ethyl adjacent to an activating group) is 1. The van der Waals surface area contributed by atoms with Crippen LogP contribution in [-0.2, 0) is 10.0 Å². The average Bonchev–Trinajstić information content (AvgIpc) is 2.16. The predicted octanol–water partition coefficient (Wildman–Crippen LogP) is 1.59. The van der Waals surface area contributed by atoms with E-state index in [1.807, 2.05) is 0 Å². The van der Waals surface area contributed by atoms with E-state index in [1.54, 1.807) is 6.92 Å². The number of nitrogens with zero attached hydrogens (tertiary/aromatic N) is 1. The monoisotopic (exact) mass is 241 g/mol. The highest BCUT2D eigenvalue weighted by atomic mass is 32.2. The molecule has 0 aliphatic rings. The molecule has 0 radical (unpaired) electrons. The van der Waals surface area contributed by atoms with Gasteiger partial charge < -0.3 is 5.11 Å². The van der Waals surface area contributed by atoms with Gasteiger partial charge in [0, 0.05) is 13.6 Å². The molecule has 0 aromatic heterocycles. The highest BCUT2D eigenvalue weighted by molar-refractivity contribution is 7.89. The SMILES string of the molecule is C=C(C)CN(C)S(=O)(=O)c1cccc(O)c1. The molecule has 0 saturated carbocycles. The lowest BCUT2D eigenvalue weighted by atomic mass is 10.3. The van der Waals surface area contributed by atoms with Gasteiger partial charge in [-0.2, -0.15) is 4.31 Å². The Balaban J connectivity index is 3.07. The zero-order chi connectivity index (χ0) is 12.3. The molecule has 1 N–H and O–H groups in total. The van der Waals surface area contributed by atoms with Crippen molar-refractivity contribution in [1.29, 1.82) is 0 Å². The Morgan fingerprint density at radius 3 is 2.62 bits per heavy atom. The topological polar surface area (TPSA) is 57.6 Å². The summed E-state index contributed by atoms with van der Waals surface area (Å²) in [6, 6.07) is 5.60. The first-order valence-corrected chi connectivity index (χ1v) is 6.18. The predicted molar refractivity (Wildman–Crippen MR) is 62.7 cm³/mol. The normalized spacial score (nSPS) is 11.7. The van der Waals surface area contributed by atoms with Gasteiger partial charge in [-0.1, -0.05) is 18.2 Å². The van der Waals surface area contributed by atoms with Crippen molar-refractivity contribution < 1.29 is 13.5 Å². The summed E-state index contributed by atoms with van der Waals surface area (Å²) in [6.07, 6.45) is 0. The van der Waals surface area contributed by atoms with Crippen LogP contribution in [0.2, 0.25) is 0 Å². The molecule has 5 heteroatoms. The summed E-state index contributed by atoms with van der Waals surface area (Å²) in [4.78, 5) is 0.0799. The molecule has 0 aliphatic heterocycles. The van der Waals surface area contributed by atoms with E-state index in [4.69, 9.17) is 0 Å². The fourth-order valence-corrected chi connectivity index (χ4v) is 2.56. The third kappa shape index (κ3) is 2.84. The fraction of sp³-hybridized carbons (Fsp3) is 0.273. The molecule has 1 aromatic rings. The van der Waals surface area contributed by atoms with Gasteiger partial charge in [-0.05, 0) is 25.1 Å². The van der Waals surface area contributed by atoms with Crippen molar-refractivity contribution in [3.63, 3.8) is 0 Å². The van der Waals surface area contributed by atoms with Crippen molar-refractivity contribution in [3.05, 3.63) is 36.4 Å². The highest BCUT2D eigenvalue weighted by Gasteiger charge is 2.20. The average molecular weight is 241 g/mol. The van der Waals surface area contributed by atoms with Crippen LogP contribution in [0.4, 0.5) is 0 Å². The van der Waals surface area contributed by atoms with Gasteiger partial charge >= 0.3 is 0 Å². The number of benzene rings is 1. The van der Waals surface area contributed by atoms with Crippen molar-refractivity contribution in [1.82, 2.24) is 4.31 Å². The van der Waals surface area contributed by atoms with E-state index >= 15 is 0 Å². The van der Waals surface area contributed by atoms with Crippen LogP contribution in [0.3, 0.4) is 0 Å². The van der Waals surface area contributed by atoms with Crippen molar-refractivity contribution >= 4 is 10.0 Å². The quantitative estimate of drug-likeness (QED) is 0.814. The van der Waals surface area contributed by atoms with Gasteiger partial charge in [0.1, 0.15) is 5.75 Å². The third-order valence-electron chi connectivity index (χ3n) is 2.02. The minimum atomic E-state index is -3.54. The van der Waals surface area contributed by atoms with Gasteiger partial charge in [0.15, 0.2) is 0 Å². The standard InChI is InChI=1S/C11H15NO3S/c1-9(2)8-12(3)16(14,15)11-6-4-5-10(13)7-11/h4-7,13H,1,8H2,2-3H3. The number of phenolic OH excluding ortho intramolecular Hbond substituents is 1. The molecule has 0 atom stereocenters. The number of aromatic hydroxyl groups is 1. The first-order chi connectivity index (χ1) is 7.34. The van der Waals surface area contributed by atoms with Gasteiger partial charge in [0.25, 0.3) is 0 Å². The van der Waals surface area contributed by atoms with Crippen molar-refractivity contribution in [3.8, 4) is 5.75 Å². The van der Waals surface area contributed by atoms with Crippen LogP contribution in [0, 0.1) is 0 Å². The van der Waals surface area contributed by atoms with Crippen LogP contribution in [0.1, 0.15) is 6.92 Å². The molecule has 0 aliphatic carbocycles. The molecule has 0 saturated heterocycles. The van der Waals surface area contributed by atoms with Crippen LogP contribution >= 0.6 is 0 Å².